The number of aromatic nitrogens is 1. The molecular formula is C18H23N3O2. The van der Waals surface area contributed by atoms with Gasteiger partial charge in [-0.15, -0.1) is 0 Å². The molecule has 5 heteroatoms. The average molecular weight is 313 g/mol. The molecule has 122 valence electrons. The minimum Gasteiger partial charge on any atom is -0.492 e. The molecule has 0 fully saturated rings. The fraction of sp³-hybridized carbons (Fsp3) is 0.333. The molecule has 2 rings (SSSR count). The molecule has 2 aromatic rings. The largest absolute Gasteiger partial charge is 0.492 e. The Kier molecular flexibility index (Phi) is 5.71. The van der Waals surface area contributed by atoms with Gasteiger partial charge < -0.3 is 15.4 Å². The lowest BCUT2D eigenvalue weighted by Gasteiger charge is -2.18. The van der Waals surface area contributed by atoms with E-state index in [0.717, 1.165) is 16.8 Å². The molecule has 0 radical (unpaired) electrons. The number of ether oxygens (including phenoxy) is 1. The lowest BCUT2D eigenvalue weighted by Crippen LogP contribution is -2.26. The maximum Gasteiger partial charge on any atom is 0.254 e. The lowest BCUT2D eigenvalue weighted by atomic mass is 10.1. The second kappa shape index (κ2) is 7.74. The van der Waals surface area contributed by atoms with Gasteiger partial charge in [0.05, 0.1) is 0 Å². The minimum absolute atomic E-state index is 0.0444. The highest BCUT2D eigenvalue weighted by Crippen LogP contribution is 2.21. The van der Waals surface area contributed by atoms with Gasteiger partial charge in [-0.25, -0.2) is 0 Å². The number of hydrogen-bond acceptors (Lipinski definition) is 4. The first kappa shape index (κ1) is 17.0. The van der Waals surface area contributed by atoms with Crippen LogP contribution in [-0.4, -0.2) is 36.0 Å². The van der Waals surface area contributed by atoms with E-state index in [4.69, 9.17) is 10.5 Å². The van der Waals surface area contributed by atoms with E-state index < -0.39 is 0 Å². The van der Waals surface area contributed by atoms with Crippen LogP contribution in [0.5, 0.6) is 5.75 Å². The number of carbonyl (C=O) groups excluding carboxylic acids is 1. The van der Waals surface area contributed by atoms with Crippen LogP contribution in [0.1, 0.15) is 27.2 Å². The quantitative estimate of drug-likeness (QED) is 0.888. The Hall–Kier alpha value is -2.40. The van der Waals surface area contributed by atoms with Gasteiger partial charge in [0, 0.05) is 37.6 Å². The van der Waals surface area contributed by atoms with Gasteiger partial charge in [0.15, 0.2) is 0 Å². The van der Waals surface area contributed by atoms with Gasteiger partial charge in [-0.1, -0.05) is 6.07 Å². The summed E-state index contributed by atoms with van der Waals surface area (Å²) in [4.78, 5) is 18.5. The number of amides is 1. The summed E-state index contributed by atoms with van der Waals surface area (Å²) in [5.74, 6) is 0.659. The maximum atomic E-state index is 12.6. The van der Waals surface area contributed by atoms with Gasteiger partial charge in [0.2, 0.25) is 0 Å². The molecule has 1 heterocycles. The summed E-state index contributed by atoms with van der Waals surface area (Å²) >= 11 is 0. The van der Waals surface area contributed by atoms with Crippen LogP contribution in [-0.2, 0) is 6.54 Å². The molecule has 0 atom stereocenters. The van der Waals surface area contributed by atoms with Crippen molar-refractivity contribution < 1.29 is 9.53 Å². The van der Waals surface area contributed by atoms with Crippen molar-refractivity contribution in [1.29, 1.82) is 0 Å². The van der Waals surface area contributed by atoms with Crippen LogP contribution in [0.25, 0.3) is 0 Å². The Morgan fingerprint density at radius 1 is 1.26 bits per heavy atom. The SMILES string of the molecule is Cc1cc(CN(C)C(=O)c2ccc(C)c(OCCN)c2)ccn1. The van der Waals surface area contributed by atoms with E-state index in [9.17, 15) is 4.79 Å². The zero-order valence-corrected chi connectivity index (χ0v) is 13.9. The topological polar surface area (TPSA) is 68.5 Å². The van der Waals surface area contributed by atoms with Crippen molar-refractivity contribution in [3.05, 3.63) is 58.9 Å². The number of hydrogen-bond donors (Lipinski definition) is 1. The van der Waals surface area contributed by atoms with Crippen molar-refractivity contribution in [1.82, 2.24) is 9.88 Å². The smallest absolute Gasteiger partial charge is 0.254 e. The van der Waals surface area contributed by atoms with Crippen LogP contribution in [0.3, 0.4) is 0 Å². The van der Waals surface area contributed by atoms with Crippen LogP contribution in [0, 0.1) is 13.8 Å². The molecular weight excluding hydrogens is 290 g/mol. The third-order valence-electron chi connectivity index (χ3n) is 3.54. The van der Waals surface area contributed by atoms with E-state index in [1.165, 1.54) is 0 Å². The van der Waals surface area contributed by atoms with E-state index >= 15 is 0 Å². The van der Waals surface area contributed by atoms with Crippen LogP contribution in [0.15, 0.2) is 36.5 Å². The maximum absolute atomic E-state index is 12.6. The van der Waals surface area contributed by atoms with Crippen LogP contribution in [0.2, 0.25) is 0 Å². The molecule has 0 unspecified atom stereocenters. The first-order valence-electron chi connectivity index (χ1n) is 7.61. The summed E-state index contributed by atoms with van der Waals surface area (Å²) in [6.07, 6.45) is 1.76. The third kappa shape index (κ3) is 4.53. The molecule has 1 amide bonds. The Balaban J connectivity index is 2.12. The van der Waals surface area contributed by atoms with E-state index in [2.05, 4.69) is 4.98 Å². The number of pyridine rings is 1. The molecule has 0 aliphatic heterocycles. The Morgan fingerprint density at radius 3 is 2.74 bits per heavy atom. The molecule has 0 saturated carbocycles. The fourth-order valence-corrected chi connectivity index (χ4v) is 2.33. The van der Waals surface area contributed by atoms with E-state index in [1.807, 2.05) is 38.1 Å². The zero-order chi connectivity index (χ0) is 16.8. The predicted octanol–water partition coefficient (Wildman–Crippen LogP) is 2.31. The van der Waals surface area contributed by atoms with Gasteiger partial charge >= 0.3 is 0 Å². The summed E-state index contributed by atoms with van der Waals surface area (Å²) in [5, 5.41) is 0. The molecule has 5 nitrogen and oxygen atoms in total. The Labute approximate surface area is 137 Å². The Morgan fingerprint density at radius 2 is 2.04 bits per heavy atom. The summed E-state index contributed by atoms with van der Waals surface area (Å²) in [5.41, 5.74) is 9.06. The first-order valence-corrected chi connectivity index (χ1v) is 7.61. The van der Waals surface area contributed by atoms with Crippen LogP contribution < -0.4 is 10.5 Å². The van der Waals surface area contributed by atoms with Crippen LogP contribution >= 0.6 is 0 Å². The Bertz CT molecular complexity index is 686. The number of nitrogens with two attached hydrogens (primary N) is 1. The number of nitrogens with zero attached hydrogens (tertiary/aromatic N) is 2. The summed E-state index contributed by atoms with van der Waals surface area (Å²) in [6.45, 7) is 5.30. The van der Waals surface area contributed by atoms with Crippen molar-refractivity contribution in [2.24, 2.45) is 5.73 Å². The zero-order valence-electron chi connectivity index (χ0n) is 13.9. The molecule has 0 spiro atoms. The summed E-state index contributed by atoms with van der Waals surface area (Å²) in [7, 11) is 1.79. The number of rotatable bonds is 6. The molecule has 2 N–H and O–H groups in total. The normalized spacial score (nSPS) is 10.4. The second-order valence-electron chi connectivity index (χ2n) is 5.58. The predicted molar refractivity (Wildman–Crippen MR) is 90.5 cm³/mol. The van der Waals surface area contributed by atoms with Crippen LogP contribution in [0.4, 0.5) is 0 Å². The van der Waals surface area contributed by atoms with Crippen molar-refractivity contribution in [2.45, 2.75) is 20.4 Å². The number of benzene rings is 1. The highest BCUT2D eigenvalue weighted by molar-refractivity contribution is 5.94. The van der Waals surface area contributed by atoms with E-state index in [1.54, 1.807) is 24.2 Å². The second-order valence-corrected chi connectivity index (χ2v) is 5.58. The fourth-order valence-electron chi connectivity index (χ4n) is 2.33. The van der Waals surface area contributed by atoms with Crippen molar-refractivity contribution in [2.75, 3.05) is 20.2 Å². The van der Waals surface area contributed by atoms with Gasteiger partial charge in [-0.05, 0) is 49.2 Å². The minimum atomic E-state index is -0.0444. The number of aryl methyl sites for hydroxylation is 2. The molecule has 1 aromatic heterocycles. The third-order valence-corrected chi connectivity index (χ3v) is 3.54. The van der Waals surface area contributed by atoms with Gasteiger partial charge in [-0.2, -0.15) is 0 Å². The lowest BCUT2D eigenvalue weighted by molar-refractivity contribution is 0.0784. The molecule has 23 heavy (non-hydrogen) atoms. The van der Waals surface area contributed by atoms with E-state index in [-0.39, 0.29) is 5.91 Å². The molecule has 0 bridgehead atoms. The van der Waals surface area contributed by atoms with E-state index in [0.29, 0.717) is 31.0 Å². The first-order chi connectivity index (χ1) is 11.0. The average Bonchev–Trinajstić information content (AvgIpc) is 2.53. The summed E-state index contributed by atoms with van der Waals surface area (Å²) in [6, 6.07) is 9.39. The molecule has 0 aliphatic rings. The highest BCUT2D eigenvalue weighted by atomic mass is 16.5. The highest BCUT2D eigenvalue weighted by Gasteiger charge is 2.14. The molecule has 1 aromatic carbocycles. The molecule has 0 saturated heterocycles. The molecule has 0 aliphatic carbocycles. The van der Waals surface area contributed by atoms with Gasteiger partial charge in [0.25, 0.3) is 5.91 Å². The number of carbonyl (C=O) groups is 1. The monoisotopic (exact) mass is 313 g/mol. The van der Waals surface area contributed by atoms with Crippen molar-refractivity contribution in [3.8, 4) is 5.75 Å². The van der Waals surface area contributed by atoms with Gasteiger partial charge in [-0.3, -0.25) is 9.78 Å². The van der Waals surface area contributed by atoms with Crippen molar-refractivity contribution in [3.63, 3.8) is 0 Å². The standard InChI is InChI=1S/C18H23N3O2/c1-13-4-5-16(11-17(13)23-9-7-19)18(22)21(3)12-15-6-8-20-14(2)10-15/h4-6,8,10-11H,7,9,12,19H2,1-3H3. The van der Waals surface area contributed by atoms with Crippen molar-refractivity contribution >= 4 is 5.91 Å². The van der Waals surface area contributed by atoms with Gasteiger partial charge in [0.1, 0.15) is 12.4 Å². The summed E-state index contributed by atoms with van der Waals surface area (Å²) < 4.78 is 5.59.